The van der Waals surface area contributed by atoms with E-state index in [9.17, 15) is 5.11 Å². The molecule has 0 bridgehead atoms. The van der Waals surface area contributed by atoms with Gasteiger partial charge in [0, 0.05) is 11.4 Å². The molecule has 0 spiro atoms. The molecule has 4 rings (SSSR count). The van der Waals surface area contributed by atoms with Crippen molar-refractivity contribution in [2.75, 3.05) is 23.2 Å². The minimum Gasteiger partial charge on any atom is -0.504 e. The van der Waals surface area contributed by atoms with Gasteiger partial charge in [0.15, 0.2) is 11.5 Å². The highest BCUT2D eigenvalue weighted by Gasteiger charge is 2.07. The number of aromatic hydroxyl groups is 1. The van der Waals surface area contributed by atoms with E-state index in [-0.39, 0.29) is 11.7 Å². The van der Waals surface area contributed by atoms with Gasteiger partial charge in [-0.25, -0.2) is 5.43 Å². The molecule has 0 unspecified atom stereocenters. The van der Waals surface area contributed by atoms with Gasteiger partial charge < -0.3 is 20.5 Å². The SMILES string of the molecule is COc1cc(/C=N/Nc2nc(Nc3ccccc3)nc(Nc3ccccc3)n2)ccc1O. The van der Waals surface area contributed by atoms with E-state index in [1.807, 2.05) is 60.7 Å². The van der Waals surface area contributed by atoms with E-state index in [0.717, 1.165) is 16.9 Å². The fourth-order valence-corrected chi connectivity index (χ4v) is 2.78. The smallest absolute Gasteiger partial charge is 0.250 e. The van der Waals surface area contributed by atoms with E-state index in [1.54, 1.807) is 18.3 Å². The summed E-state index contributed by atoms with van der Waals surface area (Å²) in [6, 6.07) is 24.1. The predicted octanol–water partition coefficient (Wildman–Crippen LogP) is 4.52. The van der Waals surface area contributed by atoms with Crippen LogP contribution in [0.4, 0.5) is 29.2 Å². The Bertz CT molecular complexity index is 1140. The first-order chi connectivity index (χ1) is 15.7. The van der Waals surface area contributed by atoms with E-state index in [4.69, 9.17) is 4.74 Å². The molecule has 1 aromatic heterocycles. The van der Waals surface area contributed by atoms with Crippen LogP contribution in [0.5, 0.6) is 11.5 Å². The number of para-hydroxylation sites is 2. The number of rotatable bonds is 8. The number of anilines is 5. The molecule has 3 aromatic carbocycles. The number of ether oxygens (including phenoxy) is 1. The molecule has 0 atom stereocenters. The van der Waals surface area contributed by atoms with E-state index in [0.29, 0.717) is 17.6 Å². The third-order valence-corrected chi connectivity index (χ3v) is 4.28. The third-order valence-electron chi connectivity index (χ3n) is 4.28. The van der Waals surface area contributed by atoms with Gasteiger partial charge in [-0.05, 0) is 48.0 Å². The summed E-state index contributed by atoms with van der Waals surface area (Å²) in [5.74, 6) is 1.38. The third kappa shape index (κ3) is 5.48. The summed E-state index contributed by atoms with van der Waals surface area (Å²) in [6.45, 7) is 0. The maximum absolute atomic E-state index is 9.72. The van der Waals surface area contributed by atoms with E-state index >= 15 is 0 Å². The van der Waals surface area contributed by atoms with Crippen LogP contribution in [-0.4, -0.2) is 33.4 Å². The highest BCUT2D eigenvalue weighted by molar-refractivity contribution is 5.81. The molecule has 0 saturated heterocycles. The fourth-order valence-electron chi connectivity index (χ4n) is 2.78. The molecule has 0 aliphatic rings. The summed E-state index contributed by atoms with van der Waals surface area (Å²) >= 11 is 0. The minimum absolute atomic E-state index is 0.0586. The lowest BCUT2D eigenvalue weighted by atomic mass is 10.2. The molecule has 4 aromatic rings. The normalized spacial score (nSPS) is 10.7. The number of hydrazone groups is 1. The number of aromatic nitrogens is 3. The van der Waals surface area contributed by atoms with Gasteiger partial charge in [0.1, 0.15) is 0 Å². The topological polar surface area (TPSA) is 117 Å². The van der Waals surface area contributed by atoms with E-state index < -0.39 is 0 Å². The standard InChI is InChI=1S/C23H21N7O2/c1-32-20-14-16(12-13-19(20)31)15-24-30-23-28-21(25-17-8-4-2-5-9-17)27-22(29-23)26-18-10-6-3-7-11-18/h2-15,31H,1H3,(H3,25,26,27,28,29,30)/b24-15+. The monoisotopic (exact) mass is 427 g/mol. The van der Waals surface area contributed by atoms with Gasteiger partial charge in [-0.2, -0.15) is 20.1 Å². The summed E-state index contributed by atoms with van der Waals surface area (Å²) in [5, 5.41) is 20.2. The van der Waals surface area contributed by atoms with Crippen LogP contribution in [0.2, 0.25) is 0 Å². The van der Waals surface area contributed by atoms with Crippen LogP contribution in [0.1, 0.15) is 5.56 Å². The van der Waals surface area contributed by atoms with Crippen molar-refractivity contribution in [3.05, 3.63) is 84.4 Å². The Morgan fingerprint density at radius 3 is 1.91 bits per heavy atom. The quantitative estimate of drug-likeness (QED) is 0.240. The van der Waals surface area contributed by atoms with Crippen molar-refractivity contribution in [2.45, 2.75) is 0 Å². The maximum Gasteiger partial charge on any atom is 0.250 e. The van der Waals surface area contributed by atoms with Gasteiger partial charge in [-0.15, -0.1) is 0 Å². The summed E-state index contributed by atoms with van der Waals surface area (Å²) < 4.78 is 5.11. The number of hydrogen-bond acceptors (Lipinski definition) is 9. The lowest BCUT2D eigenvalue weighted by molar-refractivity contribution is 0.373. The largest absolute Gasteiger partial charge is 0.504 e. The van der Waals surface area contributed by atoms with Gasteiger partial charge in [-0.1, -0.05) is 36.4 Å². The van der Waals surface area contributed by atoms with Crippen molar-refractivity contribution >= 4 is 35.4 Å². The molecular weight excluding hydrogens is 406 g/mol. The zero-order valence-corrected chi connectivity index (χ0v) is 17.2. The minimum atomic E-state index is 0.0586. The highest BCUT2D eigenvalue weighted by Crippen LogP contribution is 2.25. The molecule has 160 valence electrons. The molecule has 0 fully saturated rings. The number of nitrogens with zero attached hydrogens (tertiary/aromatic N) is 4. The Morgan fingerprint density at radius 2 is 1.34 bits per heavy atom. The Balaban J connectivity index is 1.56. The van der Waals surface area contributed by atoms with Crippen LogP contribution in [0.15, 0.2) is 84.0 Å². The first kappa shape index (κ1) is 20.6. The number of methoxy groups -OCH3 is 1. The molecule has 0 aliphatic carbocycles. The van der Waals surface area contributed by atoms with Crippen LogP contribution < -0.4 is 20.8 Å². The van der Waals surface area contributed by atoms with Crippen molar-refractivity contribution < 1.29 is 9.84 Å². The molecular formula is C23H21N7O2. The Kier molecular flexibility index (Phi) is 6.37. The van der Waals surface area contributed by atoms with Crippen molar-refractivity contribution in [2.24, 2.45) is 5.10 Å². The number of benzene rings is 3. The Labute approximate surface area is 184 Å². The lowest BCUT2D eigenvalue weighted by Crippen LogP contribution is -2.07. The molecule has 0 aliphatic heterocycles. The predicted molar refractivity (Wildman–Crippen MR) is 125 cm³/mol. The average Bonchev–Trinajstić information content (AvgIpc) is 2.81. The number of nitrogens with one attached hydrogen (secondary N) is 3. The first-order valence-electron chi connectivity index (χ1n) is 9.76. The van der Waals surface area contributed by atoms with Gasteiger partial charge in [-0.3, -0.25) is 0 Å². The van der Waals surface area contributed by atoms with Gasteiger partial charge in [0.25, 0.3) is 0 Å². The van der Waals surface area contributed by atoms with Gasteiger partial charge in [0.05, 0.1) is 13.3 Å². The van der Waals surface area contributed by atoms with Gasteiger partial charge >= 0.3 is 0 Å². The van der Waals surface area contributed by atoms with Crippen LogP contribution >= 0.6 is 0 Å². The zero-order valence-electron chi connectivity index (χ0n) is 17.2. The van der Waals surface area contributed by atoms with Crippen LogP contribution in [0, 0.1) is 0 Å². The zero-order chi connectivity index (χ0) is 22.2. The average molecular weight is 427 g/mol. The number of phenols is 1. The highest BCUT2D eigenvalue weighted by atomic mass is 16.5. The molecule has 9 nitrogen and oxygen atoms in total. The van der Waals surface area contributed by atoms with Crippen LogP contribution in [0.3, 0.4) is 0 Å². The van der Waals surface area contributed by atoms with Crippen molar-refractivity contribution in [1.29, 1.82) is 0 Å². The molecule has 4 N–H and O–H groups in total. The number of phenolic OH excluding ortho intramolecular Hbond substituents is 1. The fraction of sp³-hybridized carbons (Fsp3) is 0.0435. The Morgan fingerprint density at radius 1 is 0.781 bits per heavy atom. The second-order valence-electron chi connectivity index (χ2n) is 6.59. The summed E-state index contributed by atoms with van der Waals surface area (Å²) in [6.07, 6.45) is 1.57. The van der Waals surface area contributed by atoms with Crippen molar-refractivity contribution in [1.82, 2.24) is 15.0 Å². The molecule has 9 heteroatoms. The molecule has 0 saturated carbocycles. The van der Waals surface area contributed by atoms with Gasteiger partial charge in [0.2, 0.25) is 17.8 Å². The number of hydrogen-bond donors (Lipinski definition) is 4. The summed E-state index contributed by atoms with van der Waals surface area (Å²) in [7, 11) is 1.49. The van der Waals surface area contributed by atoms with E-state index in [2.05, 4.69) is 36.1 Å². The second-order valence-corrected chi connectivity index (χ2v) is 6.59. The summed E-state index contributed by atoms with van der Waals surface area (Å²) in [4.78, 5) is 13.2. The van der Waals surface area contributed by atoms with Crippen LogP contribution in [-0.2, 0) is 0 Å². The lowest BCUT2D eigenvalue weighted by Gasteiger charge is -2.10. The van der Waals surface area contributed by atoms with Crippen molar-refractivity contribution in [3.63, 3.8) is 0 Å². The maximum atomic E-state index is 9.72. The molecule has 0 radical (unpaired) electrons. The first-order valence-corrected chi connectivity index (χ1v) is 9.76. The second kappa shape index (κ2) is 9.90. The van der Waals surface area contributed by atoms with Crippen LogP contribution in [0.25, 0.3) is 0 Å². The van der Waals surface area contributed by atoms with E-state index in [1.165, 1.54) is 13.2 Å². The molecule has 32 heavy (non-hydrogen) atoms. The molecule has 0 amide bonds. The molecule has 1 heterocycles. The Hall–Kier alpha value is -4.66. The van der Waals surface area contributed by atoms with Crippen molar-refractivity contribution in [3.8, 4) is 11.5 Å². The summed E-state index contributed by atoms with van der Waals surface area (Å²) in [5.41, 5.74) is 5.23.